The molecule has 1 unspecified atom stereocenters. The van der Waals surface area contributed by atoms with E-state index in [1.807, 2.05) is 12.3 Å². The van der Waals surface area contributed by atoms with E-state index < -0.39 is 0 Å². The number of anilines is 2. The van der Waals surface area contributed by atoms with Crippen molar-refractivity contribution in [3.8, 4) is 5.88 Å². The molecular weight excluding hydrogens is 260 g/mol. The Morgan fingerprint density at radius 2 is 2.26 bits per heavy atom. The van der Waals surface area contributed by atoms with E-state index in [4.69, 9.17) is 10.5 Å². The largest absolute Gasteiger partial charge is 0.479 e. The van der Waals surface area contributed by atoms with Gasteiger partial charge in [-0.1, -0.05) is 6.92 Å². The summed E-state index contributed by atoms with van der Waals surface area (Å²) in [5.74, 6) is 1.16. The van der Waals surface area contributed by atoms with Crippen LogP contribution in [0.5, 0.6) is 5.88 Å². The molecule has 0 saturated heterocycles. The number of thiazole rings is 1. The van der Waals surface area contributed by atoms with Crippen LogP contribution in [0.1, 0.15) is 29.8 Å². The highest BCUT2D eigenvalue weighted by Gasteiger charge is 2.11. The lowest BCUT2D eigenvalue weighted by molar-refractivity contribution is 0.400. The van der Waals surface area contributed by atoms with Crippen molar-refractivity contribution in [1.82, 2.24) is 9.97 Å². The molecular formula is C13H18N4OS. The minimum atomic E-state index is 0.103. The fourth-order valence-corrected chi connectivity index (χ4v) is 2.52. The number of pyridine rings is 1. The van der Waals surface area contributed by atoms with Gasteiger partial charge in [-0.2, -0.15) is 4.98 Å². The van der Waals surface area contributed by atoms with Crippen LogP contribution in [-0.4, -0.2) is 17.1 Å². The van der Waals surface area contributed by atoms with E-state index >= 15 is 0 Å². The van der Waals surface area contributed by atoms with Gasteiger partial charge in [0.15, 0.2) is 0 Å². The molecule has 2 heterocycles. The molecule has 0 radical (unpaired) electrons. The topological polar surface area (TPSA) is 73.1 Å². The van der Waals surface area contributed by atoms with Crippen molar-refractivity contribution in [3.63, 3.8) is 0 Å². The average Bonchev–Trinajstić information content (AvgIpc) is 2.90. The van der Waals surface area contributed by atoms with Crippen molar-refractivity contribution in [2.75, 3.05) is 18.2 Å². The first-order valence-electron chi connectivity index (χ1n) is 6.15. The lowest BCUT2D eigenvalue weighted by Crippen LogP contribution is -2.08. The molecule has 0 spiro atoms. The number of ether oxygens (including phenoxy) is 1. The van der Waals surface area contributed by atoms with Crippen molar-refractivity contribution in [2.45, 2.75) is 26.3 Å². The summed E-state index contributed by atoms with van der Waals surface area (Å²) in [6, 6.07) is 3.72. The molecule has 6 heteroatoms. The minimum absolute atomic E-state index is 0.103. The Balaban J connectivity index is 2.11. The van der Waals surface area contributed by atoms with Gasteiger partial charge in [-0.3, -0.25) is 0 Å². The maximum atomic E-state index is 5.74. The van der Waals surface area contributed by atoms with Gasteiger partial charge in [-0.25, -0.2) is 4.98 Å². The van der Waals surface area contributed by atoms with Crippen molar-refractivity contribution < 1.29 is 4.74 Å². The summed E-state index contributed by atoms with van der Waals surface area (Å²) in [6.45, 7) is 4.19. The molecule has 0 bridgehead atoms. The molecule has 2 aromatic heterocycles. The lowest BCUT2D eigenvalue weighted by Gasteiger charge is -2.13. The van der Waals surface area contributed by atoms with Crippen molar-refractivity contribution >= 4 is 22.8 Å². The Morgan fingerprint density at radius 1 is 1.47 bits per heavy atom. The number of rotatable bonds is 5. The fourth-order valence-electron chi connectivity index (χ4n) is 1.66. The van der Waals surface area contributed by atoms with Crippen molar-refractivity contribution in [2.24, 2.45) is 0 Å². The molecule has 19 heavy (non-hydrogen) atoms. The van der Waals surface area contributed by atoms with Crippen LogP contribution >= 0.6 is 11.3 Å². The summed E-state index contributed by atoms with van der Waals surface area (Å²) in [4.78, 5) is 10.0. The minimum Gasteiger partial charge on any atom is -0.479 e. The quantitative estimate of drug-likeness (QED) is 0.879. The number of hydrogen-bond acceptors (Lipinski definition) is 6. The van der Waals surface area contributed by atoms with E-state index in [1.165, 1.54) is 4.88 Å². The number of nitrogen functional groups attached to an aromatic ring is 1. The van der Waals surface area contributed by atoms with Crippen molar-refractivity contribution in [1.29, 1.82) is 0 Å². The van der Waals surface area contributed by atoms with Gasteiger partial charge in [0.25, 0.3) is 0 Å². The van der Waals surface area contributed by atoms with Crippen LogP contribution < -0.4 is 15.8 Å². The van der Waals surface area contributed by atoms with E-state index in [-0.39, 0.29) is 6.04 Å². The summed E-state index contributed by atoms with van der Waals surface area (Å²) in [5.41, 5.74) is 6.27. The molecule has 1 atom stereocenters. The first kappa shape index (κ1) is 13.6. The second kappa shape index (κ2) is 5.88. The van der Waals surface area contributed by atoms with Gasteiger partial charge in [0.2, 0.25) is 5.88 Å². The summed E-state index contributed by atoms with van der Waals surface area (Å²) in [7, 11) is 1.56. The van der Waals surface area contributed by atoms with Crippen LogP contribution in [0.3, 0.4) is 0 Å². The second-order valence-electron chi connectivity index (χ2n) is 4.18. The van der Waals surface area contributed by atoms with E-state index in [0.717, 1.165) is 17.2 Å². The maximum Gasteiger partial charge on any atom is 0.238 e. The van der Waals surface area contributed by atoms with Gasteiger partial charge in [0.1, 0.15) is 10.8 Å². The smallest absolute Gasteiger partial charge is 0.238 e. The Hall–Kier alpha value is -1.82. The summed E-state index contributed by atoms with van der Waals surface area (Å²) in [5, 5.41) is 4.35. The Bertz CT molecular complexity index is 555. The number of aromatic nitrogens is 2. The van der Waals surface area contributed by atoms with Crippen LogP contribution in [0.15, 0.2) is 18.3 Å². The number of nitrogens with one attached hydrogen (secondary N) is 1. The highest BCUT2D eigenvalue weighted by molar-refractivity contribution is 7.11. The van der Waals surface area contributed by atoms with Crippen LogP contribution in [0.25, 0.3) is 0 Å². The maximum absolute atomic E-state index is 5.74. The fraction of sp³-hybridized carbons (Fsp3) is 0.385. The summed E-state index contributed by atoms with van der Waals surface area (Å²) in [6.07, 6.45) is 2.94. The van der Waals surface area contributed by atoms with Gasteiger partial charge in [-0.15, -0.1) is 11.3 Å². The Morgan fingerprint density at radius 3 is 2.89 bits per heavy atom. The normalized spacial score (nSPS) is 12.2. The van der Waals surface area contributed by atoms with Gasteiger partial charge >= 0.3 is 0 Å². The third-order valence-electron chi connectivity index (χ3n) is 2.74. The van der Waals surface area contributed by atoms with Crippen LogP contribution in [-0.2, 0) is 6.42 Å². The molecule has 3 N–H and O–H groups in total. The number of nitrogens with zero attached hydrogens (tertiary/aromatic N) is 2. The van der Waals surface area contributed by atoms with Crippen molar-refractivity contribution in [3.05, 3.63) is 28.2 Å². The molecule has 0 aliphatic heterocycles. The standard InChI is InChI=1S/C13H18N4OS/c1-4-9-7-15-13(19-9)8(2)16-11-6-5-10(14)12(17-11)18-3/h5-8H,4,14H2,1-3H3,(H,16,17). The number of nitrogens with two attached hydrogens (primary N) is 1. The second-order valence-corrected chi connectivity index (χ2v) is 5.33. The van der Waals surface area contributed by atoms with Crippen LogP contribution in [0, 0.1) is 0 Å². The average molecular weight is 278 g/mol. The number of aryl methyl sites for hydroxylation is 1. The van der Waals surface area contributed by atoms with Gasteiger partial charge in [-0.05, 0) is 25.5 Å². The molecule has 0 aromatic carbocycles. The Labute approximate surface area is 116 Å². The monoisotopic (exact) mass is 278 g/mol. The molecule has 0 saturated carbocycles. The third-order valence-corrected chi connectivity index (χ3v) is 4.06. The summed E-state index contributed by atoms with van der Waals surface area (Å²) < 4.78 is 5.11. The van der Waals surface area contributed by atoms with E-state index in [9.17, 15) is 0 Å². The molecule has 5 nitrogen and oxygen atoms in total. The zero-order valence-corrected chi connectivity index (χ0v) is 12.1. The molecule has 0 aliphatic rings. The molecule has 2 aromatic rings. The van der Waals surface area contributed by atoms with E-state index in [0.29, 0.717) is 11.6 Å². The lowest BCUT2D eigenvalue weighted by atomic mass is 10.3. The van der Waals surface area contributed by atoms with Gasteiger partial charge in [0.05, 0.1) is 18.8 Å². The molecule has 0 aliphatic carbocycles. The van der Waals surface area contributed by atoms with E-state index in [2.05, 4.69) is 29.1 Å². The first-order chi connectivity index (χ1) is 9.13. The zero-order chi connectivity index (χ0) is 13.8. The summed E-state index contributed by atoms with van der Waals surface area (Å²) >= 11 is 1.72. The van der Waals surface area contributed by atoms with Gasteiger partial charge in [0, 0.05) is 11.1 Å². The number of hydrogen-bond donors (Lipinski definition) is 2. The van der Waals surface area contributed by atoms with Crippen LogP contribution in [0.4, 0.5) is 11.5 Å². The highest BCUT2D eigenvalue weighted by Crippen LogP contribution is 2.25. The predicted molar refractivity (Wildman–Crippen MR) is 78.7 cm³/mol. The van der Waals surface area contributed by atoms with E-state index in [1.54, 1.807) is 24.5 Å². The third kappa shape index (κ3) is 3.14. The molecule has 2 rings (SSSR count). The molecule has 0 fully saturated rings. The molecule has 102 valence electrons. The van der Waals surface area contributed by atoms with Gasteiger partial charge < -0.3 is 15.8 Å². The molecule has 0 amide bonds. The Kier molecular flexibility index (Phi) is 4.21. The SMILES string of the molecule is CCc1cnc(C(C)Nc2ccc(N)c(OC)n2)s1. The zero-order valence-electron chi connectivity index (χ0n) is 11.3. The predicted octanol–water partition coefficient (Wildman–Crippen LogP) is 2.86. The van der Waals surface area contributed by atoms with Crippen LogP contribution in [0.2, 0.25) is 0 Å². The number of methoxy groups -OCH3 is 1. The highest BCUT2D eigenvalue weighted by atomic mass is 32.1. The first-order valence-corrected chi connectivity index (χ1v) is 6.97.